The number of benzene rings is 12. The molecule has 12 heteroatoms. The van der Waals surface area contributed by atoms with Crippen molar-refractivity contribution in [1.29, 1.82) is 0 Å². The molecule has 0 amide bonds. The molecule has 552 valence electrons. The van der Waals surface area contributed by atoms with Gasteiger partial charge in [0.15, 0.2) is 0 Å². The van der Waals surface area contributed by atoms with Gasteiger partial charge in [-0.05, 0) is 157 Å². The van der Waals surface area contributed by atoms with Gasteiger partial charge in [0, 0.05) is 106 Å². The molecule has 2 radical (unpaired) electrons. The Balaban J connectivity index is 0.00000496. The fourth-order valence-corrected chi connectivity index (χ4v) is 15.3. The molecular weight excluding hydrogens is 1730 g/mol. The Labute approximate surface area is 684 Å². The molecule has 0 fully saturated rings. The Morgan fingerprint density at radius 2 is 0.562 bits per heavy atom. The van der Waals surface area contributed by atoms with Gasteiger partial charge in [0.2, 0.25) is 25.3 Å². The van der Waals surface area contributed by atoms with E-state index in [4.69, 9.17) is 0 Å². The van der Waals surface area contributed by atoms with Crippen LogP contribution in [0.4, 0.5) is 0 Å². The van der Waals surface area contributed by atoms with Gasteiger partial charge in [0.1, 0.15) is 11.4 Å². The minimum absolute atomic E-state index is 0. The van der Waals surface area contributed by atoms with E-state index >= 15 is 0 Å². The standard InChI is InChI=1S/C100H79N10.2Ir/c1-65-69(5)107(61-103(65)9)85-45-37-73(38-46-85)89-23-13-17-27-93(89)79-55-80(94-28-18-14-24-90(94)74-39-47-86(48-40-74)108-62-104(10)66(2)70(108)6)58-83(57-79)97-31-21-32-98(99(97)77-33-35-78(36-34-77)100-101-53-22-54-102-100)84-59-81(95-29-19-15-25-91(95)75-41-49-87(50-42-75)109-63-105(11)67(3)71(109)7)56-82(60-84)96-30-20-16-26-92(96)76-43-51-88(52-44-76)110-64-106(12)68(4)72(110)8;;/h13-34,37-45,47,49,51,53-61H,1-12H3;;/q-5;;. The maximum Gasteiger partial charge on any atom is 0.247 e. The average molecular weight is 1810 g/mol. The van der Waals surface area contributed by atoms with E-state index < -0.39 is 0 Å². The zero-order valence-electron chi connectivity index (χ0n) is 64.5. The first kappa shape index (κ1) is 75.3. The van der Waals surface area contributed by atoms with Crippen molar-refractivity contribution in [3.63, 3.8) is 0 Å². The molecule has 5 aromatic heterocycles. The van der Waals surface area contributed by atoms with E-state index in [0.29, 0.717) is 11.4 Å². The third-order valence-electron chi connectivity index (χ3n) is 22.3. The van der Waals surface area contributed by atoms with E-state index in [-0.39, 0.29) is 40.2 Å². The van der Waals surface area contributed by atoms with Crippen LogP contribution in [-0.2, 0) is 68.4 Å². The summed E-state index contributed by atoms with van der Waals surface area (Å²) in [4.78, 5) is 9.32. The van der Waals surface area contributed by atoms with Crippen LogP contribution in [0.2, 0.25) is 0 Å². The Hall–Kier alpha value is -12.1. The van der Waals surface area contributed by atoms with Crippen molar-refractivity contribution in [3.05, 3.63) is 362 Å². The van der Waals surface area contributed by atoms with Crippen LogP contribution in [0.15, 0.2) is 261 Å². The summed E-state index contributed by atoms with van der Waals surface area (Å²) in [5, 5.41) is 0. The summed E-state index contributed by atoms with van der Waals surface area (Å²) in [6.45, 7) is 17.1. The third kappa shape index (κ3) is 14.0. The second-order valence-electron chi connectivity index (χ2n) is 28.6. The summed E-state index contributed by atoms with van der Waals surface area (Å²) in [6.07, 6.45) is 16.1. The van der Waals surface area contributed by atoms with Crippen molar-refractivity contribution in [2.75, 3.05) is 0 Å². The number of aryl methyl sites for hydroxylation is 4. The summed E-state index contributed by atoms with van der Waals surface area (Å²) in [5.41, 5.74) is 36.6. The first-order valence-corrected chi connectivity index (χ1v) is 37.1. The monoisotopic (exact) mass is 1810 g/mol. The number of imidazole rings is 4. The molecule has 112 heavy (non-hydrogen) atoms. The number of nitrogens with zero attached hydrogens (tertiary/aromatic N) is 10. The molecule has 0 saturated carbocycles. The first-order valence-electron chi connectivity index (χ1n) is 37.1. The predicted octanol–water partition coefficient (Wildman–Crippen LogP) is 19.6. The van der Waals surface area contributed by atoms with E-state index in [1.165, 1.54) is 11.4 Å². The summed E-state index contributed by atoms with van der Waals surface area (Å²) < 4.78 is 16.7. The topological polar surface area (TPSA) is 61.0 Å². The van der Waals surface area contributed by atoms with Crippen LogP contribution in [0.3, 0.4) is 0 Å². The van der Waals surface area contributed by atoms with Crippen LogP contribution < -0.4 is 18.3 Å². The fourth-order valence-electron chi connectivity index (χ4n) is 15.3. The molecule has 5 heterocycles. The largest absolute Gasteiger partial charge is 0.345 e. The zero-order valence-corrected chi connectivity index (χ0v) is 69.3. The van der Waals surface area contributed by atoms with Gasteiger partial charge in [-0.2, -0.15) is 90.5 Å². The van der Waals surface area contributed by atoms with Crippen LogP contribution in [0, 0.1) is 111 Å². The third-order valence-corrected chi connectivity index (χ3v) is 22.3. The van der Waals surface area contributed by atoms with Crippen molar-refractivity contribution >= 4 is 0 Å². The molecule has 17 rings (SSSR count). The van der Waals surface area contributed by atoms with E-state index in [1.807, 2.05) is 40.9 Å². The van der Waals surface area contributed by atoms with Crippen LogP contribution in [-0.4, -0.2) is 28.2 Å². The molecule has 0 aliphatic carbocycles. The summed E-state index contributed by atoms with van der Waals surface area (Å²) in [7, 11) is 8.19. The Bertz CT molecular complexity index is 5720. The molecular formula is C100H79Ir2N10-5. The van der Waals surface area contributed by atoms with Crippen molar-refractivity contribution in [1.82, 2.24) is 28.2 Å². The SMILES string of the molecule is Cc1c(C)[n+](C)[c-]n1-c1[c-]cc(-c2ccccc2-c2cc(-c3ccccc3-c3c[c-]c(-n4[c-][n+](C)c(C)c4C)cc3)cc(-c3cccc(-c4cc(-c5ccccc5-c5c[c-]c(-n6[c-][n+](C)c(C)c6C)cc5)cc(-c5ccccc5-c5c[c-]c(-n6c[n+](C)c(C)c6C)cc5)c4)c3-c3c[c-]c(-c4ncccn4)[c-]c3)c2)cc1.[Ir].[Ir]. The van der Waals surface area contributed by atoms with E-state index in [2.05, 4.69) is 394 Å². The Kier molecular flexibility index (Phi) is 21.1. The Morgan fingerprint density at radius 3 is 0.839 bits per heavy atom. The number of hydrogen-bond acceptors (Lipinski definition) is 2. The van der Waals surface area contributed by atoms with Gasteiger partial charge in [-0.15, -0.1) is 34.4 Å². The van der Waals surface area contributed by atoms with Gasteiger partial charge in [0.25, 0.3) is 0 Å². The maximum atomic E-state index is 4.66. The molecule has 0 N–H and O–H groups in total. The average Bonchev–Trinajstić information content (AvgIpc) is 1.13. The van der Waals surface area contributed by atoms with E-state index in [9.17, 15) is 0 Å². The molecule has 0 aliphatic rings. The Morgan fingerprint density at radius 1 is 0.277 bits per heavy atom. The zero-order chi connectivity index (χ0) is 75.6. The molecule has 0 unspecified atom stereocenters. The quantitative estimate of drug-likeness (QED) is 0.0715. The molecule has 0 spiro atoms. The van der Waals surface area contributed by atoms with Crippen molar-refractivity contribution in [2.45, 2.75) is 55.4 Å². The normalized spacial score (nSPS) is 11.2. The van der Waals surface area contributed by atoms with Gasteiger partial charge in [0.05, 0.1) is 28.2 Å². The molecule has 0 aliphatic heterocycles. The molecule has 0 bridgehead atoms. The number of aromatic nitrogens is 10. The second kappa shape index (κ2) is 31.3. The summed E-state index contributed by atoms with van der Waals surface area (Å²) in [6, 6.07) is 110. The van der Waals surface area contributed by atoms with Gasteiger partial charge < -0.3 is 37.4 Å². The molecule has 17 aromatic rings. The molecule has 0 atom stereocenters. The molecule has 10 nitrogen and oxygen atoms in total. The van der Waals surface area contributed by atoms with Crippen molar-refractivity contribution < 1.29 is 58.5 Å². The second-order valence-corrected chi connectivity index (χ2v) is 28.6. The van der Waals surface area contributed by atoms with Gasteiger partial charge in [-0.25, -0.2) is 26.8 Å². The number of rotatable bonds is 16. The predicted molar refractivity (Wildman–Crippen MR) is 437 cm³/mol. The maximum absolute atomic E-state index is 4.66. The van der Waals surface area contributed by atoms with Gasteiger partial charge in [-0.1, -0.05) is 160 Å². The first-order chi connectivity index (χ1) is 53.5. The van der Waals surface area contributed by atoms with Crippen LogP contribution in [0.1, 0.15) is 45.6 Å². The van der Waals surface area contributed by atoms with Crippen molar-refractivity contribution in [2.24, 2.45) is 28.2 Å². The number of hydrogen-bond donors (Lipinski definition) is 0. The van der Waals surface area contributed by atoms with E-state index in [1.54, 1.807) is 12.4 Å². The van der Waals surface area contributed by atoms with Gasteiger partial charge in [-0.3, -0.25) is 12.1 Å². The molecule has 0 saturated heterocycles. The molecule has 12 aromatic carbocycles. The summed E-state index contributed by atoms with van der Waals surface area (Å²) >= 11 is 0. The van der Waals surface area contributed by atoms with Crippen LogP contribution >= 0.6 is 0 Å². The van der Waals surface area contributed by atoms with Crippen LogP contribution in [0.25, 0.3) is 157 Å². The minimum atomic E-state index is 0. The summed E-state index contributed by atoms with van der Waals surface area (Å²) in [5.74, 6) is 0.548. The minimum Gasteiger partial charge on any atom is -0.345 e. The van der Waals surface area contributed by atoms with E-state index in [0.717, 1.165) is 179 Å². The van der Waals surface area contributed by atoms with Crippen LogP contribution in [0.5, 0.6) is 0 Å². The van der Waals surface area contributed by atoms with Gasteiger partial charge >= 0.3 is 0 Å². The smallest absolute Gasteiger partial charge is 0.247 e. The van der Waals surface area contributed by atoms with Crippen molar-refractivity contribution in [3.8, 4) is 157 Å². The fraction of sp³-hybridized carbons (Fsp3) is 0.120.